The standard InChI is InChI=1S/C18H21N3O3/c1-11(2)24-17-15(7-12(3)8-19-17)20-18(23)21-9-13-5-4-6-16(22)14(13)10-21/h4-8,11,22H,9-10H2,1-3H3,(H,20,23). The van der Waals surface area contributed by atoms with Crippen LogP contribution >= 0.6 is 0 Å². The van der Waals surface area contributed by atoms with Crippen molar-refractivity contribution in [3.8, 4) is 11.6 Å². The summed E-state index contributed by atoms with van der Waals surface area (Å²) in [7, 11) is 0. The van der Waals surface area contributed by atoms with Crippen LogP contribution in [0.4, 0.5) is 10.5 Å². The summed E-state index contributed by atoms with van der Waals surface area (Å²) >= 11 is 0. The molecule has 0 fully saturated rings. The van der Waals surface area contributed by atoms with Gasteiger partial charge in [-0.1, -0.05) is 12.1 Å². The number of carbonyl (C=O) groups excluding carboxylic acids is 1. The fraction of sp³-hybridized carbons (Fsp3) is 0.333. The van der Waals surface area contributed by atoms with Gasteiger partial charge in [0.05, 0.1) is 12.6 Å². The number of phenols is 1. The Labute approximate surface area is 141 Å². The predicted molar refractivity (Wildman–Crippen MR) is 91.1 cm³/mol. The second-order valence-electron chi connectivity index (χ2n) is 6.23. The number of hydrogen-bond donors (Lipinski definition) is 2. The molecule has 2 amide bonds. The van der Waals surface area contributed by atoms with Gasteiger partial charge in [0.2, 0.25) is 5.88 Å². The third-order valence-corrected chi connectivity index (χ3v) is 3.82. The van der Waals surface area contributed by atoms with Crippen LogP contribution in [0.15, 0.2) is 30.5 Å². The lowest BCUT2D eigenvalue weighted by Gasteiger charge is -2.19. The van der Waals surface area contributed by atoms with Crippen LogP contribution in [0.25, 0.3) is 0 Å². The number of aromatic nitrogens is 1. The molecule has 3 rings (SSSR count). The lowest BCUT2D eigenvalue weighted by molar-refractivity contribution is 0.211. The second kappa shape index (κ2) is 6.39. The number of phenolic OH excluding ortho intramolecular Hbond substituents is 1. The molecule has 0 atom stereocenters. The molecule has 0 aliphatic carbocycles. The number of carbonyl (C=O) groups is 1. The molecule has 0 spiro atoms. The highest BCUT2D eigenvalue weighted by Crippen LogP contribution is 2.31. The number of aryl methyl sites for hydroxylation is 1. The van der Waals surface area contributed by atoms with E-state index < -0.39 is 0 Å². The Kier molecular flexibility index (Phi) is 4.29. The molecule has 2 N–H and O–H groups in total. The molecule has 6 nitrogen and oxygen atoms in total. The van der Waals surface area contributed by atoms with Crippen molar-refractivity contribution in [2.45, 2.75) is 40.0 Å². The third-order valence-electron chi connectivity index (χ3n) is 3.82. The number of amides is 2. The van der Waals surface area contributed by atoms with Crippen LogP contribution < -0.4 is 10.1 Å². The summed E-state index contributed by atoms with van der Waals surface area (Å²) in [5.74, 6) is 0.632. The SMILES string of the molecule is Cc1cnc(OC(C)C)c(NC(=O)N2Cc3cccc(O)c3C2)c1. The first-order chi connectivity index (χ1) is 11.4. The average molecular weight is 327 g/mol. The quantitative estimate of drug-likeness (QED) is 0.905. The molecule has 6 heteroatoms. The number of rotatable bonds is 3. The summed E-state index contributed by atoms with van der Waals surface area (Å²) in [5, 5.41) is 12.8. The summed E-state index contributed by atoms with van der Waals surface area (Å²) in [4.78, 5) is 18.5. The highest BCUT2D eigenvalue weighted by atomic mass is 16.5. The molecule has 1 aliphatic heterocycles. The van der Waals surface area contributed by atoms with E-state index in [-0.39, 0.29) is 17.9 Å². The van der Waals surface area contributed by atoms with Gasteiger partial charge >= 0.3 is 6.03 Å². The molecule has 0 unspecified atom stereocenters. The Hall–Kier alpha value is -2.76. The Morgan fingerprint density at radius 2 is 2.17 bits per heavy atom. The van der Waals surface area contributed by atoms with E-state index >= 15 is 0 Å². The number of nitrogens with one attached hydrogen (secondary N) is 1. The van der Waals surface area contributed by atoms with Crippen molar-refractivity contribution in [1.82, 2.24) is 9.88 Å². The van der Waals surface area contributed by atoms with E-state index in [2.05, 4.69) is 10.3 Å². The number of fused-ring (bicyclic) bond motifs is 1. The maximum absolute atomic E-state index is 12.6. The number of ether oxygens (including phenoxy) is 1. The molecule has 1 aliphatic rings. The minimum Gasteiger partial charge on any atom is -0.508 e. The zero-order valence-corrected chi connectivity index (χ0v) is 14.0. The molecule has 2 aromatic rings. The number of hydrogen-bond acceptors (Lipinski definition) is 4. The third kappa shape index (κ3) is 3.27. The van der Waals surface area contributed by atoms with Gasteiger partial charge < -0.3 is 20.1 Å². The van der Waals surface area contributed by atoms with Gasteiger partial charge in [0.15, 0.2) is 0 Å². The first-order valence-corrected chi connectivity index (χ1v) is 7.93. The van der Waals surface area contributed by atoms with Crippen molar-refractivity contribution in [3.63, 3.8) is 0 Å². The first-order valence-electron chi connectivity index (χ1n) is 7.93. The fourth-order valence-corrected chi connectivity index (χ4v) is 2.71. The van der Waals surface area contributed by atoms with Gasteiger partial charge in [0, 0.05) is 18.3 Å². The van der Waals surface area contributed by atoms with Crippen LogP contribution in [0.2, 0.25) is 0 Å². The molecule has 1 aromatic heterocycles. The summed E-state index contributed by atoms with van der Waals surface area (Å²) in [6.07, 6.45) is 1.67. The van der Waals surface area contributed by atoms with E-state index in [4.69, 9.17) is 4.74 Å². The van der Waals surface area contributed by atoms with Crippen molar-refractivity contribution in [3.05, 3.63) is 47.2 Å². The highest BCUT2D eigenvalue weighted by Gasteiger charge is 2.26. The Morgan fingerprint density at radius 3 is 2.88 bits per heavy atom. The zero-order chi connectivity index (χ0) is 17.3. The number of nitrogens with zero attached hydrogens (tertiary/aromatic N) is 2. The van der Waals surface area contributed by atoms with E-state index in [9.17, 15) is 9.90 Å². The number of benzene rings is 1. The molecule has 0 saturated heterocycles. The maximum Gasteiger partial charge on any atom is 0.322 e. The number of pyridine rings is 1. The van der Waals surface area contributed by atoms with Crippen LogP contribution in [0.1, 0.15) is 30.5 Å². The van der Waals surface area contributed by atoms with Gasteiger partial charge in [0.1, 0.15) is 11.4 Å². The zero-order valence-electron chi connectivity index (χ0n) is 14.0. The van der Waals surface area contributed by atoms with Crippen molar-refractivity contribution >= 4 is 11.7 Å². The average Bonchev–Trinajstić information content (AvgIpc) is 2.95. The van der Waals surface area contributed by atoms with Gasteiger partial charge in [-0.05, 0) is 44.0 Å². The molecule has 0 radical (unpaired) electrons. The van der Waals surface area contributed by atoms with Crippen molar-refractivity contribution in [2.75, 3.05) is 5.32 Å². The van der Waals surface area contributed by atoms with Crippen molar-refractivity contribution < 1.29 is 14.6 Å². The van der Waals surface area contributed by atoms with Crippen LogP contribution in [0, 0.1) is 6.92 Å². The van der Waals surface area contributed by atoms with Crippen LogP contribution in [-0.4, -0.2) is 27.1 Å². The van der Waals surface area contributed by atoms with Gasteiger partial charge in [-0.15, -0.1) is 0 Å². The lowest BCUT2D eigenvalue weighted by atomic mass is 10.1. The number of urea groups is 1. The number of anilines is 1. The molecule has 24 heavy (non-hydrogen) atoms. The smallest absolute Gasteiger partial charge is 0.322 e. The first kappa shape index (κ1) is 16.1. The van der Waals surface area contributed by atoms with E-state index in [1.807, 2.05) is 32.9 Å². The normalized spacial score (nSPS) is 13.1. The van der Waals surface area contributed by atoms with E-state index in [1.165, 1.54) is 0 Å². The monoisotopic (exact) mass is 327 g/mol. The minimum absolute atomic E-state index is 0.0381. The topological polar surface area (TPSA) is 74.7 Å². The molecule has 2 heterocycles. The predicted octanol–water partition coefficient (Wildman–Crippen LogP) is 3.43. The van der Waals surface area contributed by atoms with Gasteiger partial charge in [-0.2, -0.15) is 0 Å². The summed E-state index contributed by atoms with van der Waals surface area (Å²) in [6.45, 7) is 6.58. The van der Waals surface area contributed by atoms with E-state index in [0.29, 0.717) is 24.7 Å². The second-order valence-corrected chi connectivity index (χ2v) is 6.23. The molecule has 0 bridgehead atoms. The van der Waals surface area contributed by atoms with E-state index in [0.717, 1.165) is 16.7 Å². The number of aromatic hydroxyl groups is 1. The van der Waals surface area contributed by atoms with Crippen molar-refractivity contribution in [2.24, 2.45) is 0 Å². The van der Waals surface area contributed by atoms with E-state index in [1.54, 1.807) is 23.2 Å². The minimum atomic E-state index is -0.244. The molecule has 1 aromatic carbocycles. The Morgan fingerprint density at radius 1 is 1.38 bits per heavy atom. The fourth-order valence-electron chi connectivity index (χ4n) is 2.71. The summed E-state index contributed by atoms with van der Waals surface area (Å²) in [5.41, 5.74) is 3.25. The van der Waals surface area contributed by atoms with Crippen LogP contribution in [0.3, 0.4) is 0 Å². The largest absolute Gasteiger partial charge is 0.508 e. The maximum atomic E-state index is 12.6. The summed E-state index contributed by atoms with van der Waals surface area (Å²) in [6, 6.07) is 6.94. The lowest BCUT2D eigenvalue weighted by Crippen LogP contribution is -2.30. The van der Waals surface area contributed by atoms with Gasteiger partial charge in [-0.25, -0.2) is 9.78 Å². The summed E-state index contributed by atoms with van der Waals surface area (Å²) < 4.78 is 5.66. The van der Waals surface area contributed by atoms with Crippen molar-refractivity contribution in [1.29, 1.82) is 0 Å². The highest BCUT2D eigenvalue weighted by molar-refractivity contribution is 5.91. The molecule has 0 saturated carbocycles. The molecular weight excluding hydrogens is 306 g/mol. The van der Waals surface area contributed by atoms with Crippen LogP contribution in [0.5, 0.6) is 11.6 Å². The van der Waals surface area contributed by atoms with Crippen LogP contribution in [-0.2, 0) is 13.1 Å². The van der Waals surface area contributed by atoms with Gasteiger partial charge in [0.25, 0.3) is 0 Å². The molecule has 126 valence electrons. The van der Waals surface area contributed by atoms with Gasteiger partial charge in [-0.3, -0.25) is 0 Å². The molecular formula is C18H21N3O3. The Bertz CT molecular complexity index is 774. The Balaban J connectivity index is 1.77.